The summed E-state index contributed by atoms with van der Waals surface area (Å²) in [6.07, 6.45) is 1.62. The van der Waals surface area contributed by atoms with Crippen LogP contribution in [0.25, 0.3) is 11.4 Å². The van der Waals surface area contributed by atoms with Crippen LogP contribution < -0.4 is 5.14 Å². The lowest BCUT2D eigenvalue weighted by atomic mass is 10.2. The molecule has 2 aromatic rings. The van der Waals surface area contributed by atoms with Crippen molar-refractivity contribution in [2.45, 2.75) is 18.6 Å². The Labute approximate surface area is 116 Å². The standard InChI is InChI=1S/C11H15N5O3S/c1-8-7-9(3-4-13-8)10-14-15-11(20(12,17)18)16(10)5-6-19-2/h3-4,7H,5-6H2,1-2H3,(H2,12,17,18). The Bertz CT molecular complexity index is 711. The number of rotatable bonds is 5. The lowest BCUT2D eigenvalue weighted by molar-refractivity contribution is 0.185. The van der Waals surface area contributed by atoms with Crippen LogP contribution in [0, 0.1) is 6.92 Å². The summed E-state index contributed by atoms with van der Waals surface area (Å²) in [5.74, 6) is 0.413. The first-order valence-corrected chi connectivity index (χ1v) is 7.36. The van der Waals surface area contributed by atoms with Gasteiger partial charge in [0.1, 0.15) is 0 Å². The number of nitrogens with zero attached hydrogens (tertiary/aromatic N) is 4. The lowest BCUT2D eigenvalue weighted by Gasteiger charge is -2.08. The second-order valence-corrected chi connectivity index (χ2v) is 5.64. The van der Waals surface area contributed by atoms with Crippen LogP contribution in [-0.2, 0) is 21.3 Å². The maximum Gasteiger partial charge on any atom is 0.273 e. The first kappa shape index (κ1) is 14.6. The molecular weight excluding hydrogens is 282 g/mol. The first-order chi connectivity index (χ1) is 9.43. The van der Waals surface area contributed by atoms with E-state index < -0.39 is 10.0 Å². The summed E-state index contributed by atoms with van der Waals surface area (Å²) in [5, 5.41) is 12.5. The Morgan fingerprint density at radius 3 is 2.75 bits per heavy atom. The average molecular weight is 297 g/mol. The van der Waals surface area contributed by atoms with E-state index in [1.807, 2.05) is 6.92 Å². The van der Waals surface area contributed by atoms with Gasteiger partial charge in [0.2, 0.25) is 0 Å². The van der Waals surface area contributed by atoms with Gasteiger partial charge in [-0.25, -0.2) is 13.6 Å². The smallest absolute Gasteiger partial charge is 0.273 e. The van der Waals surface area contributed by atoms with Crippen LogP contribution in [0.15, 0.2) is 23.5 Å². The molecule has 20 heavy (non-hydrogen) atoms. The van der Waals surface area contributed by atoms with Crippen LogP contribution in [-0.4, -0.2) is 41.9 Å². The molecule has 0 fully saturated rings. The number of sulfonamides is 1. The molecule has 8 nitrogen and oxygen atoms in total. The molecule has 0 aromatic carbocycles. The summed E-state index contributed by atoms with van der Waals surface area (Å²) in [7, 11) is -2.42. The number of ether oxygens (including phenoxy) is 1. The van der Waals surface area contributed by atoms with Gasteiger partial charge in [-0.1, -0.05) is 0 Å². The van der Waals surface area contributed by atoms with E-state index in [-0.39, 0.29) is 11.7 Å². The zero-order chi connectivity index (χ0) is 14.8. The van der Waals surface area contributed by atoms with E-state index in [0.717, 1.165) is 11.3 Å². The SMILES string of the molecule is COCCn1c(-c2ccnc(C)c2)nnc1S(N)(=O)=O. The number of pyridine rings is 1. The van der Waals surface area contributed by atoms with Crippen LogP contribution in [0.1, 0.15) is 5.69 Å². The fraction of sp³-hybridized carbons (Fsp3) is 0.364. The summed E-state index contributed by atoms with van der Waals surface area (Å²) >= 11 is 0. The molecule has 0 aliphatic rings. The Morgan fingerprint density at radius 1 is 1.40 bits per heavy atom. The van der Waals surface area contributed by atoms with Crippen molar-refractivity contribution < 1.29 is 13.2 Å². The number of primary sulfonamides is 1. The second kappa shape index (κ2) is 5.65. The molecule has 108 valence electrons. The highest BCUT2D eigenvalue weighted by Gasteiger charge is 2.21. The van der Waals surface area contributed by atoms with Crippen molar-refractivity contribution in [3.63, 3.8) is 0 Å². The zero-order valence-corrected chi connectivity index (χ0v) is 12.0. The molecule has 0 aliphatic carbocycles. The third kappa shape index (κ3) is 3.00. The van der Waals surface area contributed by atoms with Gasteiger partial charge in [0.05, 0.1) is 13.2 Å². The predicted molar refractivity (Wildman–Crippen MR) is 71.2 cm³/mol. The first-order valence-electron chi connectivity index (χ1n) is 5.81. The molecule has 0 spiro atoms. The van der Waals surface area contributed by atoms with Crippen molar-refractivity contribution in [1.29, 1.82) is 0 Å². The van der Waals surface area contributed by atoms with Crippen molar-refractivity contribution in [2.24, 2.45) is 5.14 Å². The molecule has 0 saturated carbocycles. The van der Waals surface area contributed by atoms with Gasteiger partial charge in [-0.3, -0.25) is 9.55 Å². The molecule has 2 N–H and O–H groups in total. The molecule has 0 radical (unpaired) electrons. The van der Waals surface area contributed by atoms with Gasteiger partial charge in [-0.2, -0.15) is 0 Å². The monoisotopic (exact) mass is 297 g/mol. The minimum absolute atomic E-state index is 0.279. The average Bonchev–Trinajstić information content (AvgIpc) is 2.79. The Balaban J connectivity index is 2.56. The highest BCUT2D eigenvalue weighted by molar-refractivity contribution is 7.89. The third-order valence-corrected chi connectivity index (χ3v) is 3.46. The van der Waals surface area contributed by atoms with Crippen LogP contribution in [0.2, 0.25) is 0 Å². The van der Waals surface area contributed by atoms with Crippen molar-refractivity contribution in [2.75, 3.05) is 13.7 Å². The summed E-state index contributed by atoms with van der Waals surface area (Å²) in [4.78, 5) is 4.09. The van der Waals surface area contributed by atoms with Crippen LogP contribution in [0.4, 0.5) is 0 Å². The van der Waals surface area contributed by atoms with Crippen molar-refractivity contribution in [1.82, 2.24) is 19.7 Å². The molecule has 0 atom stereocenters. The van der Waals surface area contributed by atoms with Gasteiger partial charge in [0.25, 0.3) is 15.2 Å². The van der Waals surface area contributed by atoms with Crippen molar-refractivity contribution in [3.05, 3.63) is 24.0 Å². The molecule has 2 rings (SSSR count). The van der Waals surface area contributed by atoms with Crippen LogP contribution >= 0.6 is 0 Å². The molecule has 0 unspecified atom stereocenters. The van der Waals surface area contributed by atoms with Crippen LogP contribution in [0.3, 0.4) is 0 Å². The Morgan fingerprint density at radius 2 is 2.15 bits per heavy atom. The summed E-state index contributed by atoms with van der Waals surface area (Å²) in [6.45, 7) is 2.43. The van der Waals surface area contributed by atoms with E-state index in [1.165, 1.54) is 11.7 Å². The van der Waals surface area contributed by atoms with Crippen molar-refractivity contribution >= 4 is 10.0 Å². The molecule has 0 bridgehead atoms. The van der Waals surface area contributed by atoms with Gasteiger partial charge in [-0.15, -0.1) is 10.2 Å². The third-order valence-electron chi connectivity index (χ3n) is 2.65. The quantitative estimate of drug-likeness (QED) is 0.827. The molecule has 0 saturated heterocycles. The number of hydrogen-bond donors (Lipinski definition) is 1. The number of aryl methyl sites for hydroxylation is 1. The molecule has 2 heterocycles. The zero-order valence-electron chi connectivity index (χ0n) is 11.1. The second-order valence-electron chi connectivity index (χ2n) is 4.18. The molecule has 0 aliphatic heterocycles. The maximum atomic E-state index is 11.5. The van der Waals surface area contributed by atoms with Gasteiger partial charge < -0.3 is 4.74 Å². The highest BCUT2D eigenvalue weighted by Crippen LogP contribution is 2.20. The van der Waals surface area contributed by atoms with Gasteiger partial charge in [-0.05, 0) is 19.1 Å². The Kier molecular flexibility index (Phi) is 4.12. The number of aromatic nitrogens is 4. The number of methoxy groups -OCH3 is 1. The van der Waals surface area contributed by atoms with Crippen molar-refractivity contribution in [3.8, 4) is 11.4 Å². The van der Waals surface area contributed by atoms with E-state index >= 15 is 0 Å². The largest absolute Gasteiger partial charge is 0.383 e. The van der Waals surface area contributed by atoms with Crippen LogP contribution in [0.5, 0.6) is 0 Å². The molecule has 2 aromatic heterocycles. The van der Waals surface area contributed by atoms with Gasteiger partial charge in [0, 0.05) is 24.6 Å². The van der Waals surface area contributed by atoms with E-state index in [9.17, 15) is 8.42 Å². The van der Waals surface area contributed by atoms with E-state index in [1.54, 1.807) is 18.3 Å². The Hall–Kier alpha value is -1.84. The highest BCUT2D eigenvalue weighted by atomic mass is 32.2. The summed E-state index contributed by atoms with van der Waals surface area (Å²) < 4.78 is 29.5. The fourth-order valence-corrected chi connectivity index (χ4v) is 2.42. The number of hydrogen-bond acceptors (Lipinski definition) is 6. The van der Waals surface area contributed by atoms with E-state index in [0.29, 0.717) is 12.4 Å². The topological polar surface area (TPSA) is 113 Å². The minimum Gasteiger partial charge on any atom is -0.383 e. The summed E-state index contributed by atoms with van der Waals surface area (Å²) in [5.41, 5.74) is 1.51. The summed E-state index contributed by atoms with van der Waals surface area (Å²) in [6, 6.07) is 3.52. The molecular formula is C11H15N5O3S. The maximum absolute atomic E-state index is 11.5. The lowest BCUT2D eigenvalue weighted by Crippen LogP contribution is -2.20. The normalized spacial score (nSPS) is 11.8. The van der Waals surface area contributed by atoms with Gasteiger partial charge in [0.15, 0.2) is 5.82 Å². The fourth-order valence-electron chi connectivity index (χ4n) is 1.78. The minimum atomic E-state index is -3.94. The molecule has 0 amide bonds. The number of nitrogens with two attached hydrogens (primary N) is 1. The predicted octanol–water partition coefficient (Wildman–Crippen LogP) is -0.0577. The molecule has 9 heteroatoms. The van der Waals surface area contributed by atoms with Gasteiger partial charge >= 0.3 is 0 Å². The van der Waals surface area contributed by atoms with E-state index in [2.05, 4.69) is 15.2 Å². The van der Waals surface area contributed by atoms with E-state index in [4.69, 9.17) is 9.88 Å².